The maximum absolute atomic E-state index is 13.6. The van der Waals surface area contributed by atoms with E-state index in [2.05, 4.69) is 27.4 Å². The van der Waals surface area contributed by atoms with Gasteiger partial charge in [0.2, 0.25) is 11.8 Å². The highest BCUT2D eigenvalue weighted by molar-refractivity contribution is 6.00. The molecule has 3 aromatic rings. The average molecular weight is 660 g/mol. The van der Waals surface area contributed by atoms with Crippen LogP contribution in [0.2, 0.25) is 0 Å². The highest BCUT2D eigenvalue weighted by Gasteiger charge is 2.23. The normalized spacial score (nSPS) is 13.6. The second-order valence-corrected chi connectivity index (χ2v) is 11.5. The molecule has 0 bridgehead atoms. The molecule has 0 aromatic heterocycles. The first-order valence-corrected chi connectivity index (χ1v) is 15.8. The van der Waals surface area contributed by atoms with Gasteiger partial charge in [0.05, 0.1) is 52.2 Å². The quantitative estimate of drug-likeness (QED) is 0.173. The molecule has 0 spiro atoms. The van der Waals surface area contributed by atoms with Crippen molar-refractivity contribution in [3.63, 3.8) is 0 Å². The number of urea groups is 1. The third kappa shape index (κ3) is 10.7. The fraction of sp³-hybridized carbons (Fsp3) is 0.361. The maximum atomic E-state index is 13.6. The summed E-state index contributed by atoms with van der Waals surface area (Å²) in [5.74, 6) is 0.314. The molecule has 12 heteroatoms. The van der Waals surface area contributed by atoms with Crippen LogP contribution in [-0.4, -0.2) is 92.9 Å². The molecular weight excluding hydrogens is 614 g/mol. The summed E-state index contributed by atoms with van der Waals surface area (Å²) in [5, 5.41) is 18.6. The monoisotopic (exact) mass is 659 g/mol. The number of anilines is 2. The predicted octanol–water partition coefficient (Wildman–Crippen LogP) is 4.68. The van der Waals surface area contributed by atoms with Crippen LogP contribution in [-0.2, 0) is 20.7 Å². The first-order chi connectivity index (χ1) is 23.1. The molecule has 1 atom stereocenters. The standard InChI is InChI=1S/C36H45N5O7/c1-25-7-5-6-8-30(25)39-36(45)37-29-12-9-27(10-13-29)22-35(44)41(16-15-40-17-19-48-20-18-40)24-34(43)38-31(21-26(2)42)28-11-14-32(46-3)33(23-28)47-4/h5-14,23,31,42H,2,15-22,24H2,1,3-4H3,(H,38,43)(H2,37,39,45)/t31-/m0/s1. The van der Waals surface area contributed by atoms with Gasteiger partial charge in [0.25, 0.3) is 0 Å². The zero-order valence-corrected chi connectivity index (χ0v) is 27.8. The van der Waals surface area contributed by atoms with E-state index in [1.807, 2.05) is 31.2 Å². The van der Waals surface area contributed by atoms with Gasteiger partial charge in [0.1, 0.15) is 0 Å². The van der Waals surface area contributed by atoms with E-state index < -0.39 is 6.04 Å². The number of benzene rings is 3. The Morgan fingerprint density at radius 2 is 1.69 bits per heavy atom. The van der Waals surface area contributed by atoms with E-state index >= 15 is 0 Å². The number of nitrogens with one attached hydrogen (secondary N) is 3. The van der Waals surface area contributed by atoms with Crippen molar-refractivity contribution in [1.82, 2.24) is 15.1 Å². The van der Waals surface area contributed by atoms with Crippen LogP contribution >= 0.6 is 0 Å². The van der Waals surface area contributed by atoms with Gasteiger partial charge in [-0.15, -0.1) is 0 Å². The van der Waals surface area contributed by atoms with Crippen LogP contribution < -0.4 is 25.4 Å². The SMILES string of the molecule is C=C(O)C[C@H](NC(=O)CN(CCN1CCOCC1)C(=O)Cc1ccc(NC(=O)Nc2ccccc2C)cc1)c1ccc(OC)c(OC)c1. The molecule has 0 saturated carbocycles. The van der Waals surface area contributed by atoms with Crippen LogP contribution in [0.4, 0.5) is 16.2 Å². The van der Waals surface area contributed by atoms with Gasteiger partial charge in [-0.3, -0.25) is 14.5 Å². The topological polar surface area (TPSA) is 142 Å². The molecular formula is C36H45N5O7. The number of methoxy groups -OCH3 is 2. The van der Waals surface area contributed by atoms with E-state index in [4.69, 9.17) is 14.2 Å². The molecule has 4 amide bonds. The molecule has 4 rings (SSSR count). The van der Waals surface area contributed by atoms with Gasteiger partial charge in [0, 0.05) is 44.0 Å². The van der Waals surface area contributed by atoms with E-state index in [-0.39, 0.29) is 43.0 Å². The number of rotatable bonds is 15. The predicted molar refractivity (Wildman–Crippen MR) is 185 cm³/mol. The summed E-state index contributed by atoms with van der Waals surface area (Å²) >= 11 is 0. The molecule has 0 radical (unpaired) electrons. The van der Waals surface area contributed by atoms with Crippen molar-refractivity contribution in [3.05, 3.63) is 95.8 Å². The van der Waals surface area contributed by atoms with Gasteiger partial charge in [-0.1, -0.05) is 43.0 Å². The number of aliphatic hydroxyl groups is 1. The number of carbonyl (C=O) groups excluding carboxylic acids is 3. The van der Waals surface area contributed by atoms with Gasteiger partial charge in [0.15, 0.2) is 11.5 Å². The van der Waals surface area contributed by atoms with Gasteiger partial charge < -0.3 is 40.2 Å². The molecule has 1 aliphatic heterocycles. The van der Waals surface area contributed by atoms with E-state index in [1.165, 1.54) is 14.2 Å². The summed E-state index contributed by atoms with van der Waals surface area (Å²) in [7, 11) is 3.05. The second-order valence-electron chi connectivity index (χ2n) is 11.5. The number of hydrogen-bond donors (Lipinski definition) is 4. The van der Waals surface area contributed by atoms with Crippen LogP contribution in [0.1, 0.15) is 29.2 Å². The molecule has 1 saturated heterocycles. The largest absolute Gasteiger partial charge is 0.513 e. The number of nitrogens with zero attached hydrogens (tertiary/aromatic N) is 2. The first kappa shape index (κ1) is 35.8. The van der Waals surface area contributed by atoms with Gasteiger partial charge in [-0.25, -0.2) is 4.79 Å². The van der Waals surface area contributed by atoms with Gasteiger partial charge in [-0.2, -0.15) is 0 Å². The Kier molecular flexibility index (Phi) is 13.2. The number of para-hydroxylation sites is 1. The summed E-state index contributed by atoms with van der Waals surface area (Å²) in [4.78, 5) is 43.4. The Hall–Kier alpha value is -5.07. The van der Waals surface area contributed by atoms with Gasteiger partial charge >= 0.3 is 6.03 Å². The lowest BCUT2D eigenvalue weighted by atomic mass is 10.0. The second kappa shape index (κ2) is 17.7. The number of carbonyl (C=O) groups is 3. The van der Waals surface area contributed by atoms with Crippen LogP contribution in [0.5, 0.6) is 11.5 Å². The van der Waals surface area contributed by atoms with Crippen LogP contribution in [0.3, 0.4) is 0 Å². The molecule has 1 fully saturated rings. The highest BCUT2D eigenvalue weighted by Crippen LogP contribution is 2.31. The van der Waals surface area contributed by atoms with Crippen molar-refractivity contribution < 1.29 is 33.7 Å². The summed E-state index contributed by atoms with van der Waals surface area (Å²) in [6.07, 6.45) is 0.144. The molecule has 48 heavy (non-hydrogen) atoms. The third-order valence-electron chi connectivity index (χ3n) is 8.02. The molecule has 1 heterocycles. The lowest BCUT2D eigenvalue weighted by molar-refractivity contribution is -0.136. The smallest absolute Gasteiger partial charge is 0.323 e. The van der Waals surface area contributed by atoms with Crippen molar-refractivity contribution in [2.24, 2.45) is 0 Å². The Bertz CT molecular complexity index is 1560. The number of morpholine rings is 1. The molecule has 0 unspecified atom stereocenters. The van der Waals surface area contributed by atoms with Crippen LogP contribution in [0.25, 0.3) is 0 Å². The Morgan fingerprint density at radius 1 is 0.979 bits per heavy atom. The fourth-order valence-corrected chi connectivity index (χ4v) is 5.34. The number of aryl methyl sites for hydroxylation is 1. The van der Waals surface area contributed by atoms with E-state index in [0.717, 1.165) is 29.9 Å². The van der Waals surface area contributed by atoms with E-state index in [0.29, 0.717) is 49.1 Å². The maximum Gasteiger partial charge on any atom is 0.323 e. The number of ether oxygens (including phenoxy) is 3. The highest BCUT2D eigenvalue weighted by atomic mass is 16.5. The van der Waals surface area contributed by atoms with E-state index in [1.54, 1.807) is 47.4 Å². The molecule has 4 N–H and O–H groups in total. The molecule has 12 nitrogen and oxygen atoms in total. The minimum Gasteiger partial charge on any atom is -0.513 e. The minimum atomic E-state index is -0.617. The molecule has 0 aliphatic carbocycles. The molecule has 256 valence electrons. The van der Waals surface area contributed by atoms with Crippen molar-refractivity contribution in [2.45, 2.75) is 25.8 Å². The Balaban J connectivity index is 1.42. The average Bonchev–Trinajstić information content (AvgIpc) is 3.08. The lowest BCUT2D eigenvalue weighted by Gasteiger charge is -2.30. The summed E-state index contributed by atoms with van der Waals surface area (Å²) in [6.45, 7) is 9.02. The van der Waals surface area contributed by atoms with Gasteiger partial charge in [-0.05, 0) is 53.9 Å². The lowest BCUT2D eigenvalue weighted by Crippen LogP contribution is -2.47. The number of aliphatic hydroxyl groups excluding tert-OH is 1. The third-order valence-corrected chi connectivity index (χ3v) is 8.02. The molecule has 3 aromatic carbocycles. The number of amides is 4. The summed E-state index contributed by atoms with van der Waals surface area (Å²) in [5.41, 5.74) is 3.66. The zero-order valence-electron chi connectivity index (χ0n) is 27.8. The minimum absolute atomic E-state index is 0.0681. The van der Waals surface area contributed by atoms with Crippen LogP contribution in [0, 0.1) is 6.92 Å². The Morgan fingerprint density at radius 3 is 2.35 bits per heavy atom. The van der Waals surface area contributed by atoms with Crippen molar-refractivity contribution in [3.8, 4) is 11.5 Å². The van der Waals surface area contributed by atoms with Crippen molar-refractivity contribution in [2.75, 3.05) is 70.8 Å². The fourth-order valence-electron chi connectivity index (χ4n) is 5.34. The van der Waals surface area contributed by atoms with E-state index in [9.17, 15) is 19.5 Å². The van der Waals surface area contributed by atoms with Crippen molar-refractivity contribution >= 4 is 29.2 Å². The first-order valence-electron chi connectivity index (χ1n) is 15.8. The van der Waals surface area contributed by atoms with Crippen LogP contribution in [0.15, 0.2) is 79.1 Å². The summed E-state index contributed by atoms with van der Waals surface area (Å²) in [6, 6.07) is 18.8. The Labute approximate surface area is 281 Å². The number of hydrogen-bond acceptors (Lipinski definition) is 8. The van der Waals surface area contributed by atoms with Crippen molar-refractivity contribution in [1.29, 1.82) is 0 Å². The molecule has 1 aliphatic rings. The zero-order chi connectivity index (χ0) is 34.5. The summed E-state index contributed by atoms with van der Waals surface area (Å²) < 4.78 is 16.2.